The average molecular weight is 623 g/mol. The van der Waals surface area contributed by atoms with Gasteiger partial charge in [-0.05, 0) is 112 Å². The van der Waals surface area contributed by atoms with Gasteiger partial charge in [-0.2, -0.15) is 0 Å². The number of hydrogen-bond acceptors (Lipinski definition) is 5. The molecule has 4 nitrogen and oxygen atoms in total. The molecule has 44 heavy (non-hydrogen) atoms. The van der Waals surface area contributed by atoms with Crippen LogP contribution in [0.15, 0.2) is 42.5 Å². The van der Waals surface area contributed by atoms with Gasteiger partial charge < -0.3 is 14.2 Å². The van der Waals surface area contributed by atoms with Crippen molar-refractivity contribution in [3.63, 3.8) is 0 Å². The van der Waals surface area contributed by atoms with E-state index in [1.54, 1.807) is 18.4 Å². The van der Waals surface area contributed by atoms with Gasteiger partial charge in [0.05, 0.1) is 12.5 Å². The first kappa shape index (κ1) is 35.9. The van der Waals surface area contributed by atoms with E-state index < -0.39 is 16.6 Å². The number of methoxy groups -OCH3 is 1. The Morgan fingerprint density at radius 1 is 0.795 bits per heavy atom. The molecular formula is C39H58O4S. The minimum Gasteiger partial charge on any atom is -0.496 e. The summed E-state index contributed by atoms with van der Waals surface area (Å²) in [7, 11) is 1.75. The molecule has 1 heterocycles. The number of esters is 1. The number of hydrogen-bond donors (Lipinski definition) is 0. The van der Waals surface area contributed by atoms with E-state index in [0.29, 0.717) is 6.42 Å². The highest BCUT2D eigenvalue weighted by Crippen LogP contribution is 2.48. The molecule has 0 fully saturated rings. The minimum absolute atomic E-state index is 0.00327. The van der Waals surface area contributed by atoms with E-state index in [1.807, 2.05) is 19.9 Å². The van der Waals surface area contributed by atoms with Gasteiger partial charge in [0, 0.05) is 21.6 Å². The lowest BCUT2D eigenvalue weighted by molar-refractivity contribution is -0.181. The molecule has 1 unspecified atom stereocenters. The molecule has 0 saturated carbocycles. The zero-order valence-electron chi connectivity index (χ0n) is 29.8. The van der Waals surface area contributed by atoms with Crippen LogP contribution in [-0.4, -0.2) is 24.3 Å². The molecule has 1 atom stereocenters. The third-order valence-corrected chi connectivity index (χ3v) is 9.83. The molecule has 0 spiro atoms. The average Bonchev–Trinajstić information content (AvgIpc) is 3.29. The maximum absolute atomic E-state index is 13.8. The first-order chi connectivity index (χ1) is 20.2. The molecule has 5 heteroatoms. The summed E-state index contributed by atoms with van der Waals surface area (Å²) in [6.07, 6.45) is 6.05. The number of thiophene rings is 1. The van der Waals surface area contributed by atoms with Crippen molar-refractivity contribution in [2.75, 3.05) is 7.11 Å². The molecule has 0 bridgehead atoms. The Kier molecular flexibility index (Phi) is 11.0. The fourth-order valence-electron chi connectivity index (χ4n) is 6.37. The Balaban J connectivity index is 1.77. The molecule has 0 aliphatic rings. The normalized spacial score (nSPS) is 14.4. The van der Waals surface area contributed by atoms with Gasteiger partial charge in [-0.1, -0.05) is 67.4 Å². The van der Waals surface area contributed by atoms with Crippen LogP contribution in [0.4, 0.5) is 0 Å². The van der Waals surface area contributed by atoms with Gasteiger partial charge in [0.2, 0.25) is 0 Å². The molecule has 0 radical (unpaired) electrons. The zero-order chi connectivity index (χ0) is 33.1. The van der Waals surface area contributed by atoms with Gasteiger partial charge in [-0.3, -0.25) is 4.79 Å². The van der Waals surface area contributed by atoms with E-state index in [2.05, 4.69) is 106 Å². The highest BCUT2D eigenvalue weighted by molar-refractivity contribution is 7.22. The van der Waals surface area contributed by atoms with Crippen molar-refractivity contribution in [3.05, 3.63) is 48.0 Å². The highest BCUT2D eigenvalue weighted by atomic mass is 32.1. The van der Waals surface area contributed by atoms with Crippen LogP contribution in [0.25, 0.3) is 20.5 Å². The smallest absolute Gasteiger partial charge is 0.312 e. The minimum atomic E-state index is -0.704. The van der Waals surface area contributed by atoms with Gasteiger partial charge in [0.1, 0.15) is 22.7 Å². The van der Waals surface area contributed by atoms with Crippen molar-refractivity contribution in [1.82, 2.24) is 0 Å². The molecule has 0 aliphatic carbocycles. The second-order valence-electron chi connectivity index (χ2n) is 16.3. The summed E-state index contributed by atoms with van der Waals surface area (Å²) in [5.41, 5.74) is 0.317. The Hall–Kier alpha value is -2.53. The molecule has 3 rings (SSSR count). The van der Waals surface area contributed by atoms with E-state index in [1.165, 1.54) is 35.1 Å². The predicted molar refractivity (Wildman–Crippen MR) is 188 cm³/mol. The third-order valence-electron chi connectivity index (χ3n) is 8.70. The summed E-state index contributed by atoms with van der Waals surface area (Å²) >= 11 is 1.75. The Labute approximate surface area is 271 Å². The molecule has 2 aromatic carbocycles. The fraction of sp³-hybridized carbons (Fsp3) is 0.615. The van der Waals surface area contributed by atoms with Crippen molar-refractivity contribution in [1.29, 1.82) is 0 Å². The summed E-state index contributed by atoms with van der Waals surface area (Å²) in [4.78, 5) is 14.9. The molecule has 244 valence electrons. The van der Waals surface area contributed by atoms with Gasteiger partial charge in [0.25, 0.3) is 0 Å². The number of benzene rings is 2. The zero-order valence-corrected chi connectivity index (χ0v) is 30.6. The molecule has 0 saturated heterocycles. The van der Waals surface area contributed by atoms with E-state index in [9.17, 15) is 4.79 Å². The fourth-order valence-corrected chi connectivity index (χ4v) is 7.49. The topological polar surface area (TPSA) is 44.8 Å². The molecule has 0 N–H and O–H groups in total. The lowest BCUT2D eigenvalue weighted by atomic mass is 9.61. The van der Waals surface area contributed by atoms with Crippen molar-refractivity contribution in [3.8, 4) is 21.9 Å². The molecular weight excluding hydrogens is 564 g/mol. The number of rotatable bonds is 13. The number of aryl methyl sites for hydroxylation is 1. The second kappa shape index (κ2) is 13.4. The standard InChI is InChI=1S/C39H58O4S/c1-14-15-16-17-27-18-21-30(31(22-27)41-13)33-23-28-19-20-29(24-32(28)44-33)42-37(8,9)26-38(10,11)43-34(40)39(12,36(5,6)7)25-35(2,3)4/h18-24H,14-17,25-26H2,1-13H3. The van der Waals surface area contributed by atoms with Crippen LogP contribution < -0.4 is 9.47 Å². The van der Waals surface area contributed by atoms with Crippen molar-refractivity contribution < 1.29 is 19.0 Å². The van der Waals surface area contributed by atoms with Crippen LogP contribution >= 0.6 is 11.3 Å². The van der Waals surface area contributed by atoms with Crippen LogP contribution in [0, 0.1) is 16.2 Å². The van der Waals surface area contributed by atoms with E-state index in [0.717, 1.165) is 34.6 Å². The van der Waals surface area contributed by atoms with E-state index in [-0.39, 0.29) is 16.8 Å². The number of carbonyl (C=O) groups is 1. The monoisotopic (exact) mass is 622 g/mol. The largest absolute Gasteiger partial charge is 0.496 e. The SMILES string of the molecule is CCCCCc1ccc(-c2cc3ccc(OC(C)(C)CC(C)(C)OC(=O)C(C)(CC(C)(C)C)C(C)(C)C)cc3s2)c(OC)c1. The maximum atomic E-state index is 13.8. The van der Waals surface area contributed by atoms with Gasteiger partial charge in [-0.25, -0.2) is 0 Å². The summed E-state index contributed by atoms with van der Waals surface area (Å²) in [6.45, 7) is 25.3. The summed E-state index contributed by atoms with van der Waals surface area (Å²) in [5, 5.41) is 1.18. The first-order valence-electron chi connectivity index (χ1n) is 16.3. The van der Waals surface area contributed by atoms with Crippen LogP contribution in [0.3, 0.4) is 0 Å². The van der Waals surface area contributed by atoms with Gasteiger partial charge in [0.15, 0.2) is 0 Å². The summed E-state index contributed by atoms with van der Waals surface area (Å²) in [6, 6.07) is 15.1. The van der Waals surface area contributed by atoms with Crippen LogP contribution in [-0.2, 0) is 16.0 Å². The predicted octanol–water partition coefficient (Wildman–Crippen LogP) is 11.7. The van der Waals surface area contributed by atoms with Gasteiger partial charge in [-0.15, -0.1) is 11.3 Å². The second-order valence-corrected chi connectivity index (χ2v) is 17.4. The molecule has 1 aromatic heterocycles. The third kappa shape index (κ3) is 9.25. The van der Waals surface area contributed by atoms with Crippen LogP contribution in [0.2, 0.25) is 0 Å². The van der Waals surface area contributed by atoms with Gasteiger partial charge >= 0.3 is 5.97 Å². The van der Waals surface area contributed by atoms with E-state index in [4.69, 9.17) is 14.2 Å². The highest BCUT2D eigenvalue weighted by Gasteiger charge is 2.49. The number of ether oxygens (including phenoxy) is 3. The van der Waals surface area contributed by atoms with Crippen molar-refractivity contribution in [2.45, 2.75) is 133 Å². The Morgan fingerprint density at radius 2 is 1.48 bits per heavy atom. The Bertz CT molecular complexity index is 1420. The number of carbonyl (C=O) groups excluding carboxylic acids is 1. The van der Waals surface area contributed by atoms with Crippen LogP contribution in [0.1, 0.15) is 121 Å². The maximum Gasteiger partial charge on any atom is 0.312 e. The number of fused-ring (bicyclic) bond motifs is 1. The van der Waals surface area contributed by atoms with Crippen LogP contribution in [0.5, 0.6) is 11.5 Å². The lowest BCUT2D eigenvalue weighted by Gasteiger charge is -2.45. The molecule has 0 aliphatic heterocycles. The van der Waals surface area contributed by atoms with Crippen molar-refractivity contribution in [2.24, 2.45) is 16.2 Å². The van der Waals surface area contributed by atoms with Crippen molar-refractivity contribution >= 4 is 27.4 Å². The Morgan fingerprint density at radius 3 is 2.07 bits per heavy atom. The molecule has 3 aromatic rings. The summed E-state index contributed by atoms with van der Waals surface area (Å²) < 4.78 is 19.9. The quantitative estimate of drug-likeness (QED) is 0.140. The number of unbranched alkanes of at least 4 members (excludes halogenated alkanes) is 2. The molecule has 0 amide bonds. The summed E-state index contributed by atoms with van der Waals surface area (Å²) in [5.74, 6) is 1.59. The first-order valence-corrected chi connectivity index (χ1v) is 17.1. The van der Waals surface area contributed by atoms with E-state index >= 15 is 0 Å². The lowest BCUT2D eigenvalue weighted by Crippen LogP contribution is -2.48.